The van der Waals surface area contributed by atoms with E-state index in [2.05, 4.69) is 21.9 Å². The minimum Gasteiger partial charge on any atom is -0.495 e. The molecule has 0 radical (unpaired) electrons. The number of ether oxygens (including phenoxy) is 2. The second-order valence-electron chi connectivity index (χ2n) is 9.23. The van der Waals surface area contributed by atoms with Crippen molar-refractivity contribution in [2.75, 3.05) is 57.7 Å². The van der Waals surface area contributed by atoms with E-state index in [9.17, 15) is 22.8 Å². The number of nitrogens with one attached hydrogen (secondary N) is 1. The molecular formula is C26H26Cl3F3N6O4. The number of aromatic nitrogens is 2. The minimum absolute atomic E-state index is 0.0698. The van der Waals surface area contributed by atoms with Crippen molar-refractivity contribution in [3.63, 3.8) is 0 Å². The first-order valence-electron chi connectivity index (χ1n) is 12.4. The number of halogens is 6. The van der Waals surface area contributed by atoms with Crippen molar-refractivity contribution >= 4 is 70.0 Å². The topological polar surface area (TPSA) is 100 Å². The van der Waals surface area contributed by atoms with Crippen LogP contribution in [0.5, 0.6) is 11.5 Å². The molecule has 42 heavy (non-hydrogen) atoms. The number of hydrogen-bond donors (Lipinski definition) is 1. The van der Waals surface area contributed by atoms with Gasteiger partial charge in [0, 0.05) is 62.2 Å². The quantitative estimate of drug-likeness (QED) is 0.240. The van der Waals surface area contributed by atoms with Crippen molar-refractivity contribution < 1.29 is 32.2 Å². The van der Waals surface area contributed by atoms with Crippen LogP contribution >= 0.6 is 34.8 Å². The molecule has 1 aromatic carbocycles. The Labute approximate surface area is 254 Å². The molecule has 2 aromatic rings. The van der Waals surface area contributed by atoms with Gasteiger partial charge < -0.3 is 29.5 Å². The van der Waals surface area contributed by atoms with Gasteiger partial charge in [0.2, 0.25) is 11.9 Å². The highest BCUT2D eigenvalue weighted by molar-refractivity contribution is 6.41. The smallest absolute Gasteiger partial charge is 0.471 e. The fourth-order valence-electron chi connectivity index (χ4n) is 4.69. The summed E-state index contributed by atoms with van der Waals surface area (Å²) in [5.41, 5.74) is 0.0582. The predicted octanol–water partition coefficient (Wildman–Crippen LogP) is 4.56. The molecule has 1 fully saturated rings. The van der Waals surface area contributed by atoms with Crippen LogP contribution in [0, 0.1) is 0 Å². The van der Waals surface area contributed by atoms with Crippen molar-refractivity contribution in [3.8, 4) is 11.5 Å². The molecule has 1 saturated heterocycles. The summed E-state index contributed by atoms with van der Waals surface area (Å²) in [5.74, 6) is -1.43. The van der Waals surface area contributed by atoms with Crippen LogP contribution in [-0.2, 0) is 9.59 Å². The molecule has 3 heterocycles. The van der Waals surface area contributed by atoms with Gasteiger partial charge in [-0.3, -0.25) is 9.59 Å². The van der Waals surface area contributed by atoms with Crippen LogP contribution in [0.3, 0.4) is 0 Å². The molecule has 0 bridgehead atoms. The maximum Gasteiger partial charge on any atom is 0.471 e. The number of alkyl halides is 4. The Hall–Kier alpha value is -3.42. The first-order valence-corrected chi connectivity index (χ1v) is 13.6. The van der Waals surface area contributed by atoms with E-state index in [-0.39, 0.29) is 52.7 Å². The number of carbonyl (C=O) groups excluding carboxylic acids is 2. The van der Waals surface area contributed by atoms with Crippen molar-refractivity contribution in [3.05, 3.63) is 46.1 Å². The Morgan fingerprint density at radius 2 is 1.83 bits per heavy atom. The third kappa shape index (κ3) is 5.90. The molecule has 4 rings (SSSR count). The van der Waals surface area contributed by atoms with Gasteiger partial charge in [-0.25, -0.2) is 4.98 Å². The predicted molar refractivity (Wildman–Crippen MR) is 154 cm³/mol. The van der Waals surface area contributed by atoms with E-state index in [4.69, 9.17) is 44.3 Å². The van der Waals surface area contributed by atoms with Crippen LogP contribution in [0.1, 0.15) is 11.1 Å². The van der Waals surface area contributed by atoms with Crippen LogP contribution in [0.15, 0.2) is 24.9 Å². The van der Waals surface area contributed by atoms with E-state index in [0.29, 0.717) is 21.9 Å². The van der Waals surface area contributed by atoms with Crippen molar-refractivity contribution in [1.82, 2.24) is 19.8 Å². The monoisotopic (exact) mass is 648 g/mol. The summed E-state index contributed by atoms with van der Waals surface area (Å²) in [5, 5.41) is 3.08. The zero-order valence-corrected chi connectivity index (χ0v) is 24.9. The first-order chi connectivity index (χ1) is 19.9. The van der Waals surface area contributed by atoms with Gasteiger partial charge in [0.25, 0.3) is 0 Å². The Balaban J connectivity index is 1.74. The van der Waals surface area contributed by atoms with Crippen molar-refractivity contribution in [1.29, 1.82) is 0 Å². The average Bonchev–Trinajstić information content (AvgIpc) is 2.94. The van der Waals surface area contributed by atoms with E-state index in [0.717, 1.165) is 6.08 Å². The van der Waals surface area contributed by atoms with Gasteiger partial charge in [-0.1, -0.05) is 41.4 Å². The first kappa shape index (κ1) is 31.5. The van der Waals surface area contributed by atoms with Crippen LogP contribution < -0.4 is 19.7 Å². The summed E-state index contributed by atoms with van der Waals surface area (Å²) in [6, 6.07) is 0.648. The summed E-state index contributed by atoms with van der Waals surface area (Å²) in [6.45, 7) is 2.68. The van der Waals surface area contributed by atoms with Gasteiger partial charge in [-0.2, -0.15) is 18.2 Å². The number of rotatable bonds is 9. The summed E-state index contributed by atoms with van der Waals surface area (Å²) in [4.78, 5) is 36.6. The minimum atomic E-state index is -5.13. The lowest BCUT2D eigenvalue weighted by molar-refractivity contribution is -0.191. The lowest BCUT2D eigenvalue weighted by Crippen LogP contribution is -2.64. The number of likely N-dealkylation sites (tertiary alicyclic amines) is 1. The standard InChI is InChI=1S/C26H26Cl3F3N6O4/c1-5-18(39)36-11-14(12-36)37(24(40)26(30,31)32)6-7-38-22(29)15(8-13-10-34-25(33-2)35-23(13)38)19-20(27)16(41-3)9-17(42-4)21(19)28/h5,8-10,14,22H,1,6-7,11-12H2,2-4H3,(H,33,34,35). The van der Waals surface area contributed by atoms with Gasteiger partial charge in [-0.05, 0) is 12.2 Å². The second kappa shape index (κ2) is 12.4. The van der Waals surface area contributed by atoms with Crippen LogP contribution in [0.4, 0.5) is 24.9 Å². The van der Waals surface area contributed by atoms with Crippen LogP contribution in [0.25, 0.3) is 11.6 Å². The lowest BCUT2D eigenvalue weighted by atomic mass is 9.98. The molecule has 16 heteroatoms. The zero-order valence-electron chi connectivity index (χ0n) is 22.6. The zero-order chi connectivity index (χ0) is 30.9. The number of anilines is 2. The van der Waals surface area contributed by atoms with E-state index < -0.39 is 36.1 Å². The SMILES string of the molecule is C=CC(=O)N1CC(N(CCN2c3nc(NC)ncc3C=C(c3c(Cl)c(OC)cc(OC)c3Cl)C2Cl)C(=O)C(F)(F)F)C1. The third-order valence-electron chi connectivity index (χ3n) is 6.87. The highest BCUT2D eigenvalue weighted by atomic mass is 35.5. The highest BCUT2D eigenvalue weighted by Crippen LogP contribution is 2.48. The van der Waals surface area contributed by atoms with Gasteiger partial charge in [0.05, 0.1) is 30.3 Å². The van der Waals surface area contributed by atoms with E-state index in [1.807, 2.05) is 0 Å². The normalized spacial score (nSPS) is 16.7. The molecule has 1 atom stereocenters. The summed E-state index contributed by atoms with van der Waals surface area (Å²) < 4.78 is 51.6. The molecule has 0 spiro atoms. The number of amides is 2. The Bertz CT molecular complexity index is 1410. The third-order valence-corrected chi connectivity index (χ3v) is 8.09. The molecule has 1 unspecified atom stereocenters. The van der Waals surface area contributed by atoms with E-state index >= 15 is 0 Å². The molecule has 0 aliphatic carbocycles. The molecule has 2 aliphatic rings. The second-order valence-corrected chi connectivity index (χ2v) is 10.4. The average molecular weight is 650 g/mol. The number of nitrogens with zero attached hydrogens (tertiary/aromatic N) is 5. The fraction of sp³-hybridized carbons (Fsp3) is 0.385. The Morgan fingerprint density at radius 3 is 2.36 bits per heavy atom. The molecule has 2 aliphatic heterocycles. The number of hydrogen-bond acceptors (Lipinski definition) is 8. The number of methoxy groups -OCH3 is 2. The number of carbonyl (C=O) groups is 2. The highest BCUT2D eigenvalue weighted by Gasteiger charge is 2.48. The van der Waals surface area contributed by atoms with E-state index in [1.54, 1.807) is 13.1 Å². The summed E-state index contributed by atoms with van der Waals surface area (Å²) in [7, 11) is 4.43. The van der Waals surface area contributed by atoms with Crippen LogP contribution in [0.2, 0.25) is 10.0 Å². The number of benzene rings is 1. The molecule has 1 aromatic heterocycles. The molecular weight excluding hydrogens is 624 g/mol. The molecule has 0 saturated carbocycles. The van der Waals surface area contributed by atoms with Gasteiger partial charge >= 0.3 is 12.1 Å². The van der Waals surface area contributed by atoms with Gasteiger partial charge in [0.1, 0.15) is 22.8 Å². The van der Waals surface area contributed by atoms with Crippen molar-refractivity contribution in [2.24, 2.45) is 0 Å². The molecule has 2 amide bonds. The molecule has 10 nitrogen and oxygen atoms in total. The fourth-order valence-corrected chi connectivity index (χ4v) is 5.77. The van der Waals surface area contributed by atoms with Crippen molar-refractivity contribution in [2.45, 2.75) is 17.7 Å². The largest absolute Gasteiger partial charge is 0.495 e. The lowest BCUT2D eigenvalue weighted by Gasteiger charge is -2.46. The maximum atomic E-state index is 13.6. The Kier molecular flexibility index (Phi) is 9.33. The van der Waals surface area contributed by atoms with Gasteiger partial charge in [0.15, 0.2) is 0 Å². The summed E-state index contributed by atoms with van der Waals surface area (Å²) in [6.07, 6.45) is -0.899. The number of fused-ring (bicyclic) bond motifs is 1. The maximum absolute atomic E-state index is 13.6. The molecule has 226 valence electrons. The van der Waals surface area contributed by atoms with Crippen LogP contribution in [-0.4, -0.2) is 96.7 Å². The Morgan fingerprint density at radius 1 is 1.21 bits per heavy atom. The summed E-state index contributed by atoms with van der Waals surface area (Å²) >= 11 is 20.3. The van der Waals surface area contributed by atoms with Gasteiger partial charge in [-0.15, -0.1) is 0 Å². The molecule has 1 N–H and O–H groups in total. The van der Waals surface area contributed by atoms with E-state index in [1.165, 1.54) is 36.3 Å².